The minimum atomic E-state index is -3.81. The highest BCUT2D eigenvalue weighted by molar-refractivity contribution is 7.89. The second kappa shape index (κ2) is 8.98. The number of hydrogen-bond acceptors (Lipinski definition) is 5. The fourth-order valence-electron chi connectivity index (χ4n) is 3.96. The quantitative estimate of drug-likeness (QED) is 0.637. The van der Waals surface area contributed by atoms with Crippen molar-refractivity contribution in [1.29, 1.82) is 0 Å². The second-order valence-corrected chi connectivity index (χ2v) is 9.92. The van der Waals surface area contributed by atoms with Gasteiger partial charge in [-0.15, -0.1) is 0 Å². The van der Waals surface area contributed by atoms with Crippen LogP contribution in [-0.2, 0) is 26.0 Å². The van der Waals surface area contributed by atoms with Gasteiger partial charge >= 0.3 is 5.97 Å². The average Bonchev–Trinajstić information content (AvgIpc) is 3.22. The van der Waals surface area contributed by atoms with Gasteiger partial charge in [-0.3, -0.25) is 4.79 Å². The van der Waals surface area contributed by atoms with Crippen LogP contribution in [0.1, 0.15) is 35.2 Å². The number of halogens is 1. The van der Waals surface area contributed by atoms with Gasteiger partial charge in [0.1, 0.15) is 4.90 Å². The molecule has 0 unspecified atom stereocenters. The molecule has 2 aromatic carbocycles. The van der Waals surface area contributed by atoms with E-state index in [2.05, 4.69) is 0 Å². The van der Waals surface area contributed by atoms with Gasteiger partial charge in [-0.1, -0.05) is 36.2 Å². The summed E-state index contributed by atoms with van der Waals surface area (Å²) in [4.78, 5) is 26.6. The Morgan fingerprint density at radius 1 is 1.00 bits per heavy atom. The molecule has 0 atom stereocenters. The number of para-hydroxylation sites is 1. The lowest BCUT2D eigenvalue weighted by Gasteiger charge is -2.26. The van der Waals surface area contributed by atoms with Crippen molar-refractivity contribution in [1.82, 2.24) is 4.31 Å². The number of carbonyl (C=O) groups excluding carboxylic acids is 2. The number of nitrogens with zero attached hydrogens (tertiary/aromatic N) is 2. The Hall–Kier alpha value is -2.42. The van der Waals surface area contributed by atoms with Crippen LogP contribution in [0.3, 0.4) is 0 Å². The Bertz CT molecular complexity index is 1110. The first-order chi connectivity index (χ1) is 14.9. The van der Waals surface area contributed by atoms with Gasteiger partial charge in [-0.25, -0.2) is 13.2 Å². The molecule has 1 amide bonds. The maximum Gasteiger partial charge on any atom is 0.338 e. The summed E-state index contributed by atoms with van der Waals surface area (Å²) >= 11 is 6.15. The van der Waals surface area contributed by atoms with Crippen LogP contribution in [0.15, 0.2) is 47.4 Å². The SMILES string of the molecule is O=C(OCC(=O)N1CCc2ccccc21)c1ccc(Cl)c(S(=O)(=O)N2CCCCC2)c1. The van der Waals surface area contributed by atoms with E-state index in [1.165, 1.54) is 22.5 Å². The van der Waals surface area contributed by atoms with Crippen LogP contribution in [0.5, 0.6) is 0 Å². The fraction of sp³-hybridized carbons (Fsp3) is 0.364. The number of amides is 1. The molecule has 9 heteroatoms. The maximum absolute atomic E-state index is 13.0. The number of fused-ring (bicyclic) bond motifs is 1. The van der Waals surface area contributed by atoms with E-state index in [0.717, 1.165) is 36.9 Å². The number of carbonyl (C=O) groups is 2. The van der Waals surface area contributed by atoms with Crippen LogP contribution < -0.4 is 4.90 Å². The second-order valence-electron chi connectivity index (χ2n) is 7.61. The number of sulfonamides is 1. The van der Waals surface area contributed by atoms with Gasteiger partial charge < -0.3 is 9.64 Å². The van der Waals surface area contributed by atoms with E-state index in [9.17, 15) is 18.0 Å². The summed E-state index contributed by atoms with van der Waals surface area (Å²) in [6, 6.07) is 11.6. The molecule has 0 aliphatic carbocycles. The van der Waals surface area contributed by atoms with E-state index < -0.39 is 22.6 Å². The topological polar surface area (TPSA) is 84.0 Å². The van der Waals surface area contributed by atoms with Gasteiger partial charge in [0.25, 0.3) is 5.91 Å². The normalized spacial score (nSPS) is 16.7. The van der Waals surface area contributed by atoms with Crippen molar-refractivity contribution in [2.45, 2.75) is 30.6 Å². The third kappa shape index (κ3) is 4.46. The first-order valence-electron chi connectivity index (χ1n) is 10.2. The highest BCUT2D eigenvalue weighted by Gasteiger charge is 2.29. The summed E-state index contributed by atoms with van der Waals surface area (Å²) in [6.45, 7) is 0.969. The highest BCUT2D eigenvalue weighted by atomic mass is 35.5. The Labute approximate surface area is 186 Å². The zero-order valence-electron chi connectivity index (χ0n) is 16.9. The molecule has 2 aliphatic rings. The molecule has 2 aromatic rings. The van der Waals surface area contributed by atoms with Crippen LogP contribution in [-0.4, -0.2) is 50.8 Å². The molecule has 0 N–H and O–H groups in total. The summed E-state index contributed by atoms with van der Waals surface area (Å²) in [5.74, 6) is -1.10. The molecule has 2 aliphatic heterocycles. The van der Waals surface area contributed by atoms with E-state index in [1.54, 1.807) is 4.90 Å². The van der Waals surface area contributed by atoms with Gasteiger partial charge in [0.05, 0.1) is 10.6 Å². The summed E-state index contributed by atoms with van der Waals surface area (Å²) in [5.41, 5.74) is 1.94. The summed E-state index contributed by atoms with van der Waals surface area (Å²) in [7, 11) is -3.81. The third-order valence-electron chi connectivity index (χ3n) is 5.61. The monoisotopic (exact) mass is 462 g/mol. The lowest BCUT2D eigenvalue weighted by atomic mass is 10.2. The molecule has 1 fully saturated rings. The summed E-state index contributed by atoms with van der Waals surface area (Å²) in [6.07, 6.45) is 3.33. The molecule has 0 spiro atoms. The largest absolute Gasteiger partial charge is 0.452 e. The van der Waals surface area contributed by atoms with E-state index >= 15 is 0 Å². The lowest BCUT2D eigenvalue weighted by Crippen LogP contribution is -2.36. The molecule has 0 aromatic heterocycles. The summed E-state index contributed by atoms with van der Waals surface area (Å²) in [5, 5.41) is 0.0480. The lowest BCUT2D eigenvalue weighted by molar-refractivity contribution is -0.121. The number of hydrogen-bond donors (Lipinski definition) is 0. The van der Waals surface area contributed by atoms with Crippen LogP contribution in [0, 0.1) is 0 Å². The van der Waals surface area contributed by atoms with E-state index in [0.29, 0.717) is 19.6 Å². The molecule has 164 valence electrons. The summed E-state index contributed by atoms with van der Waals surface area (Å²) < 4.78 is 32.5. The minimum Gasteiger partial charge on any atom is -0.452 e. The average molecular weight is 463 g/mol. The number of ether oxygens (including phenoxy) is 1. The van der Waals surface area contributed by atoms with Gasteiger partial charge in [0.2, 0.25) is 10.0 Å². The van der Waals surface area contributed by atoms with Crippen molar-refractivity contribution in [2.75, 3.05) is 31.1 Å². The molecule has 0 bridgehead atoms. The molecule has 4 rings (SSSR count). The number of benzene rings is 2. The number of esters is 1. The zero-order chi connectivity index (χ0) is 22.0. The van der Waals surface area contributed by atoms with Gasteiger partial charge in [0.15, 0.2) is 6.61 Å². The van der Waals surface area contributed by atoms with Gasteiger partial charge in [-0.05, 0) is 49.1 Å². The highest BCUT2D eigenvalue weighted by Crippen LogP contribution is 2.29. The predicted octanol–water partition coefficient (Wildman–Crippen LogP) is 3.26. The van der Waals surface area contributed by atoms with Crippen molar-refractivity contribution in [3.63, 3.8) is 0 Å². The number of anilines is 1. The standard InChI is InChI=1S/C22H23ClN2O5S/c23-18-9-8-17(14-20(18)31(28,29)24-11-4-1-5-12-24)22(27)30-15-21(26)25-13-10-16-6-2-3-7-19(16)25/h2-3,6-9,14H,1,4-5,10-13,15H2. The smallest absolute Gasteiger partial charge is 0.338 e. The first kappa shape index (κ1) is 21.8. The van der Waals surface area contributed by atoms with Gasteiger partial charge in [0, 0.05) is 25.3 Å². The predicted molar refractivity (Wildman–Crippen MR) is 117 cm³/mol. The third-order valence-corrected chi connectivity index (χ3v) is 7.99. The molecule has 2 heterocycles. The molecule has 0 radical (unpaired) electrons. The minimum absolute atomic E-state index is 0.0367. The fourth-order valence-corrected chi connectivity index (χ4v) is 5.98. The number of piperidine rings is 1. The van der Waals surface area contributed by atoms with Crippen LogP contribution >= 0.6 is 11.6 Å². The first-order valence-corrected chi connectivity index (χ1v) is 12.0. The molecule has 0 saturated carbocycles. The molecular weight excluding hydrogens is 440 g/mol. The van der Waals surface area contributed by atoms with Crippen molar-refractivity contribution >= 4 is 39.2 Å². The maximum atomic E-state index is 13.0. The van der Waals surface area contributed by atoms with Crippen molar-refractivity contribution in [2.24, 2.45) is 0 Å². The Kier molecular flexibility index (Phi) is 6.31. The Morgan fingerprint density at radius 3 is 2.52 bits per heavy atom. The van der Waals surface area contributed by atoms with Crippen LogP contribution in [0.25, 0.3) is 0 Å². The molecular formula is C22H23ClN2O5S. The Balaban J connectivity index is 1.46. The van der Waals surface area contributed by atoms with E-state index in [4.69, 9.17) is 16.3 Å². The molecule has 1 saturated heterocycles. The number of rotatable bonds is 5. The van der Waals surface area contributed by atoms with Crippen LogP contribution in [0.2, 0.25) is 5.02 Å². The van der Waals surface area contributed by atoms with Crippen molar-refractivity contribution in [3.8, 4) is 0 Å². The van der Waals surface area contributed by atoms with Crippen molar-refractivity contribution in [3.05, 3.63) is 58.6 Å². The van der Waals surface area contributed by atoms with Gasteiger partial charge in [-0.2, -0.15) is 4.31 Å². The molecule has 7 nitrogen and oxygen atoms in total. The molecule has 31 heavy (non-hydrogen) atoms. The zero-order valence-corrected chi connectivity index (χ0v) is 18.5. The van der Waals surface area contributed by atoms with Crippen molar-refractivity contribution < 1.29 is 22.7 Å². The Morgan fingerprint density at radius 2 is 1.74 bits per heavy atom. The van der Waals surface area contributed by atoms with Crippen LogP contribution in [0.4, 0.5) is 5.69 Å². The van der Waals surface area contributed by atoms with E-state index in [1.807, 2.05) is 24.3 Å². The van der Waals surface area contributed by atoms with E-state index in [-0.39, 0.29) is 21.4 Å².